The van der Waals surface area contributed by atoms with Crippen molar-refractivity contribution in [3.05, 3.63) is 28.2 Å². The van der Waals surface area contributed by atoms with Crippen molar-refractivity contribution in [3.8, 4) is 17.0 Å². The van der Waals surface area contributed by atoms with Crippen molar-refractivity contribution in [3.63, 3.8) is 0 Å². The summed E-state index contributed by atoms with van der Waals surface area (Å²) in [5.74, 6) is -0.180. The number of nitrogens with zero attached hydrogens (tertiary/aromatic N) is 2. The SMILES string of the molecule is Cn1nc(-c2c(O)cc(C(F)(F)F)cc2Br)cc1N. The number of benzene rings is 1. The minimum Gasteiger partial charge on any atom is -0.507 e. The number of aryl methyl sites for hydroxylation is 1. The summed E-state index contributed by atoms with van der Waals surface area (Å²) in [6.45, 7) is 0. The van der Waals surface area contributed by atoms with Crippen molar-refractivity contribution >= 4 is 21.7 Å². The molecule has 0 bridgehead atoms. The summed E-state index contributed by atoms with van der Waals surface area (Å²) in [6, 6.07) is 3.01. The van der Waals surface area contributed by atoms with E-state index in [1.165, 1.54) is 10.7 Å². The van der Waals surface area contributed by atoms with Gasteiger partial charge in [-0.25, -0.2) is 0 Å². The predicted octanol–water partition coefficient (Wildman–Crippen LogP) is 3.16. The van der Waals surface area contributed by atoms with Crippen molar-refractivity contribution in [1.29, 1.82) is 0 Å². The number of hydrogen-bond donors (Lipinski definition) is 2. The Morgan fingerprint density at radius 3 is 2.37 bits per heavy atom. The molecule has 0 aliphatic carbocycles. The second kappa shape index (κ2) is 4.44. The zero-order chi connectivity index (χ0) is 14.4. The lowest BCUT2D eigenvalue weighted by atomic mass is 10.1. The van der Waals surface area contributed by atoms with Gasteiger partial charge in [0.2, 0.25) is 0 Å². The van der Waals surface area contributed by atoms with Gasteiger partial charge in [-0.05, 0) is 28.1 Å². The summed E-state index contributed by atoms with van der Waals surface area (Å²) in [4.78, 5) is 0. The summed E-state index contributed by atoms with van der Waals surface area (Å²) >= 11 is 3.01. The first kappa shape index (κ1) is 13.7. The van der Waals surface area contributed by atoms with Crippen LogP contribution in [0.4, 0.5) is 19.0 Å². The molecule has 4 nitrogen and oxygen atoms in total. The molecule has 8 heteroatoms. The lowest BCUT2D eigenvalue weighted by Crippen LogP contribution is -2.05. The molecule has 0 spiro atoms. The van der Waals surface area contributed by atoms with Crippen molar-refractivity contribution in [1.82, 2.24) is 9.78 Å². The fraction of sp³-hybridized carbons (Fsp3) is 0.182. The second-order valence-electron chi connectivity index (χ2n) is 3.93. The molecule has 0 aliphatic heterocycles. The summed E-state index contributed by atoms with van der Waals surface area (Å²) < 4.78 is 39.2. The highest BCUT2D eigenvalue weighted by Gasteiger charge is 2.32. The monoisotopic (exact) mass is 335 g/mol. The van der Waals surface area contributed by atoms with E-state index in [0.29, 0.717) is 11.9 Å². The molecule has 1 aromatic carbocycles. The Morgan fingerprint density at radius 1 is 1.32 bits per heavy atom. The highest BCUT2D eigenvalue weighted by molar-refractivity contribution is 9.10. The first-order chi connectivity index (χ1) is 8.70. The third-order valence-electron chi connectivity index (χ3n) is 2.57. The Hall–Kier alpha value is -1.70. The minimum absolute atomic E-state index is 0.0953. The van der Waals surface area contributed by atoms with Crippen molar-refractivity contribution in [2.24, 2.45) is 7.05 Å². The van der Waals surface area contributed by atoms with E-state index >= 15 is 0 Å². The van der Waals surface area contributed by atoms with E-state index in [9.17, 15) is 18.3 Å². The number of hydrogen-bond acceptors (Lipinski definition) is 3. The first-order valence-corrected chi connectivity index (χ1v) is 5.89. The predicted molar refractivity (Wildman–Crippen MR) is 67.4 cm³/mol. The summed E-state index contributed by atoms with van der Waals surface area (Å²) in [5.41, 5.74) is 5.12. The van der Waals surface area contributed by atoms with Crippen LogP contribution in [-0.4, -0.2) is 14.9 Å². The first-order valence-electron chi connectivity index (χ1n) is 5.09. The van der Waals surface area contributed by atoms with E-state index in [0.717, 1.165) is 6.07 Å². The maximum Gasteiger partial charge on any atom is 0.416 e. The van der Waals surface area contributed by atoms with Crippen LogP contribution < -0.4 is 5.73 Å². The maximum atomic E-state index is 12.6. The van der Waals surface area contributed by atoms with Gasteiger partial charge in [0.15, 0.2) is 0 Å². The number of phenols is 1. The molecule has 3 N–H and O–H groups in total. The third kappa shape index (κ3) is 2.53. The molecular formula is C11H9BrF3N3O. The van der Waals surface area contributed by atoms with Gasteiger partial charge in [-0.15, -0.1) is 0 Å². The Balaban J connectivity index is 2.60. The Kier molecular flexibility index (Phi) is 3.21. The maximum absolute atomic E-state index is 12.6. The number of phenolic OH excluding ortho intramolecular Hbond substituents is 1. The zero-order valence-electron chi connectivity index (χ0n) is 9.66. The van der Waals surface area contributed by atoms with E-state index in [1.54, 1.807) is 7.05 Å². The van der Waals surface area contributed by atoms with E-state index in [-0.39, 0.29) is 15.7 Å². The third-order valence-corrected chi connectivity index (χ3v) is 3.19. The van der Waals surface area contributed by atoms with Gasteiger partial charge in [-0.3, -0.25) is 4.68 Å². The largest absolute Gasteiger partial charge is 0.507 e. The lowest BCUT2D eigenvalue weighted by molar-refractivity contribution is -0.137. The fourth-order valence-corrected chi connectivity index (χ4v) is 2.27. The van der Waals surface area contributed by atoms with Gasteiger partial charge in [0.25, 0.3) is 0 Å². The number of halogens is 4. The van der Waals surface area contributed by atoms with Crippen LogP contribution in [0.15, 0.2) is 22.7 Å². The average molecular weight is 336 g/mol. The number of nitrogens with two attached hydrogens (primary N) is 1. The number of aromatic nitrogens is 2. The summed E-state index contributed by atoms with van der Waals surface area (Å²) in [5, 5.41) is 13.8. The number of rotatable bonds is 1. The van der Waals surface area contributed by atoms with Crippen LogP contribution in [0, 0.1) is 0 Å². The van der Waals surface area contributed by atoms with Gasteiger partial charge < -0.3 is 10.8 Å². The molecule has 0 amide bonds. The van der Waals surface area contributed by atoms with Crippen LogP contribution in [0.3, 0.4) is 0 Å². The molecule has 2 rings (SSSR count). The molecule has 0 saturated carbocycles. The standard InChI is InChI=1S/C11H9BrF3N3O/c1-18-9(16)4-7(17-18)10-6(12)2-5(3-8(10)19)11(13,14)15/h2-4,19H,16H2,1H3. The highest BCUT2D eigenvalue weighted by Crippen LogP contribution is 2.41. The van der Waals surface area contributed by atoms with E-state index in [2.05, 4.69) is 21.0 Å². The molecule has 2 aromatic rings. The molecular weight excluding hydrogens is 327 g/mol. The molecule has 0 saturated heterocycles. The van der Waals surface area contributed by atoms with Crippen LogP contribution in [0.25, 0.3) is 11.3 Å². The number of anilines is 1. The van der Waals surface area contributed by atoms with Crippen molar-refractivity contribution in [2.75, 3.05) is 5.73 Å². The Labute approximate surface area is 114 Å². The van der Waals surface area contributed by atoms with Gasteiger partial charge >= 0.3 is 6.18 Å². The van der Waals surface area contributed by atoms with Gasteiger partial charge in [0.05, 0.1) is 16.8 Å². The van der Waals surface area contributed by atoms with Crippen LogP contribution >= 0.6 is 15.9 Å². The number of aromatic hydroxyl groups is 1. The highest BCUT2D eigenvalue weighted by atomic mass is 79.9. The van der Waals surface area contributed by atoms with Crippen LogP contribution in [0.5, 0.6) is 5.75 Å². The van der Waals surface area contributed by atoms with Crippen LogP contribution in [0.2, 0.25) is 0 Å². The van der Waals surface area contributed by atoms with E-state index < -0.39 is 17.5 Å². The number of nitrogen functional groups attached to an aromatic ring is 1. The molecule has 1 aromatic heterocycles. The van der Waals surface area contributed by atoms with Gasteiger partial charge in [0, 0.05) is 17.6 Å². The van der Waals surface area contributed by atoms with Crippen LogP contribution in [-0.2, 0) is 13.2 Å². The molecule has 0 fully saturated rings. The molecule has 19 heavy (non-hydrogen) atoms. The summed E-state index contributed by atoms with van der Waals surface area (Å²) in [6.07, 6.45) is -4.53. The van der Waals surface area contributed by atoms with Crippen molar-refractivity contribution < 1.29 is 18.3 Å². The van der Waals surface area contributed by atoms with Gasteiger partial charge in [0.1, 0.15) is 11.6 Å². The molecule has 0 atom stereocenters. The zero-order valence-corrected chi connectivity index (χ0v) is 11.2. The molecule has 0 radical (unpaired) electrons. The Bertz CT molecular complexity index is 594. The normalized spacial score (nSPS) is 11.8. The molecule has 0 unspecified atom stereocenters. The average Bonchev–Trinajstić information content (AvgIpc) is 2.56. The minimum atomic E-state index is -4.53. The van der Waals surface area contributed by atoms with Crippen molar-refractivity contribution in [2.45, 2.75) is 6.18 Å². The lowest BCUT2D eigenvalue weighted by Gasteiger charge is -2.11. The quantitative estimate of drug-likeness (QED) is 0.841. The molecule has 0 aliphatic rings. The Morgan fingerprint density at radius 2 is 1.95 bits per heavy atom. The second-order valence-corrected chi connectivity index (χ2v) is 4.78. The van der Waals surface area contributed by atoms with E-state index in [1.807, 2.05) is 0 Å². The van der Waals surface area contributed by atoms with Crippen LogP contribution in [0.1, 0.15) is 5.56 Å². The summed E-state index contributed by atoms with van der Waals surface area (Å²) in [7, 11) is 1.59. The topological polar surface area (TPSA) is 64.1 Å². The van der Waals surface area contributed by atoms with E-state index in [4.69, 9.17) is 5.73 Å². The fourth-order valence-electron chi connectivity index (χ4n) is 1.61. The van der Waals surface area contributed by atoms with Gasteiger partial charge in [-0.2, -0.15) is 18.3 Å². The molecule has 1 heterocycles. The number of alkyl halides is 3. The van der Waals surface area contributed by atoms with Gasteiger partial charge in [-0.1, -0.05) is 0 Å². The smallest absolute Gasteiger partial charge is 0.416 e. The molecule has 102 valence electrons.